The lowest BCUT2D eigenvalue weighted by Crippen LogP contribution is -2.11. The smallest absolute Gasteiger partial charge is 0.141 e. The molecule has 0 saturated heterocycles. The van der Waals surface area contributed by atoms with Crippen molar-refractivity contribution >= 4 is 28.3 Å². The number of phenolic OH excluding ortho intramolecular Hbond substituents is 1. The summed E-state index contributed by atoms with van der Waals surface area (Å²) in [5.41, 5.74) is 5.72. The molecule has 4 aromatic rings. The Kier molecular flexibility index (Phi) is 2.99. The summed E-state index contributed by atoms with van der Waals surface area (Å²) in [5, 5.41) is 14.7. The largest absolute Gasteiger partial charge is 0.506 e. The molecule has 122 valence electrons. The standard InChI is InChI=1S/C19H13ClN4O/c20-13-7-10(5-6-15(13)25)17-12-8-21-19-16(12)18(22-9-23-19)11-3-1-2-4-14(11)24-17/h1-9,17,24-25H,(H,21,22,23). The molecule has 0 radical (unpaired) electrons. The molecule has 2 aromatic carbocycles. The first-order chi connectivity index (χ1) is 12.2. The fourth-order valence-electron chi connectivity index (χ4n) is 3.43. The number of phenols is 1. The Hall–Kier alpha value is -3.05. The number of aromatic amines is 1. The summed E-state index contributed by atoms with van der Waals surface area (Å²) in [6, 6.07) is 13.2. The lowest BCUT2D eigenvalue weighted by atomic mass is 9.98. The predicted octanol–water partition coefficient (Wildman–Crippen LogP) is 4.50. The number of aromatic nitrogens is 3. The first-order valence-corrected chi connectivity index (χ1v) is 8.26. The Balaban J connectivity index is 1.83. The molecule has 3 heterocycles. The van der Waals surface area contributed by atoms with E-state index < -0.39 is 0 Å². The maximum Gasteiger partial charge on any atom is 0.141 e. The summed E-state index contributed by atoms with van der Waals surface area (Å²) in [6.45, 7) is 0. The van der Waals surface area contributed by atoms with E-state index in [2.05, 4.69) is 20.3 Å². The van der Waals surface area contributed by atoms with Crippen LogP contribution in [0, 0.1) is 0 Å². The molecule has 0 fully saturated rings. The minimum atomic E-state index is -0.139. The molecule has 1 atom stereocenters. The zero-order valence-electron chi connectivity index (χ0n) is 13.0. The van der Waals surface area contributed by atoms with Gasteiger partial charge in [0.1, 0.15) is 17.7 Å². The van der Waals surface area contributed by atoms with Gasteiger partial charge in [-0.3, -0.25) is 0 Å². The predicted molar refractivity (Wildman–Crippen MR) is 97.9 cm³/mol. The van der Waals surface area contributed by atoms with Crippen molar-refractivity contribution in [2.45, 2.75) is 6.04 Å². The van der Waals surface area contributed by atoms with Gasteiger partial charge in [-0.1, -0.05) is 35.9 Å². The van der Waals surface area contributed by atoms with Crippen LogP contribution in [0.2, 0.25) is 5.02 Å². The maximum atomic E-state index is 9.75. The lowest BCUT2D eigenvalue weighted by molar-refractivity contribution is 0.475. The molecule has 1 aliphatic heterocycles. The van der Waals surface area contributed by atoms with E-state index in [1.165, 1.54) is 0 Å². The van der Waals surface area contributed by atoms with E-state index >= 15 is 0 Å². The molecular formula is C19H13ClN4O. The Morgan fingerprint density at radius 1 is 1.08 bits per heavy atom. The molecule has 25 heavy (non-hydrogen) atoms. The number of hydrogen-bond donors (Lipinski definition) is 3. The fraction of sp³-hybridized carbons (Fsp3) is 0.0526. The van der Waals surface area contributed by atoms with Gasteiger partial charge in [0.15, 0.2) is 0 Å². The molecule has 1 aliphatic rings. The topological polar surface area (TPSA) is 73.8 Å². The highest BCUT2D eigenvalue weighted by Crippen LogP contribution is 2.43. The number of anilines is 1. The van der Waals surface area contributed by atoms with Crippen LogP contribution < -0.4 is 5.32 Å². The molecule has 0 aliphatic carbocycles. The second kappa shape index (κ2) is 5.22. The van der Waals surface area contributed by atoms with Crippen LogP contribution in [0.4, 0.5) is 5.69 Å². The molecule has 0 spiro atoms. The minimum absolute atomic E-state index is 0.0717. The van der Waals surface area contributed by atoms with Gasteiger partial charge in [-0.2, -0.15) is 0 Å². The Morgan fingerprint density at radius 3 is 2.84 bits per heavy atom. The highest BCUT2D eigenvalue weighted by molar-refractivity contribution is 6.32. The average molecular weight is 349 g/mol. The highest BCUT2D eigenvalue weighted by Gasteiger charge is 2.27. The number of halogens is 1. The monoisotopic (exact) mass is 348 g/mol. The second-order valence-electron chi connectivity index (χ2n) is 6.02. The van der Waals surface area contributed by atoms with Gasteiger partial charge >= 0.3 is 0 Å². The van der Waals surface area contributed by atoms with Crippen LogP contribution in [0.25, 0.3) is 22.3 Å². The number of benzene rings is 2. The van der Waals surface area contributed by atoms with Crippen molar-refractivity contribution in [3.63, 3.8) is 0 Å². The Labute approximate surface area is 148 Å². The van der Waals surface area contributed by atoms with E-state index in [4.69, 9.17) is 11.6 Å². The third kappa shape index (κ3) is 2.09. The zero-order valence-corrected chi connectivity index (χ0v) is 13.7. The van der Waals surface area contributed by atoms with Crippen molar-refractivity contribution in [1.29, 1.82) is 0 Å². The van der Waals surface area contributed by atoms with E-state index in [1.807, 2.05) is 36.5 Å². The number of para-hydroxylation sites is 1. The molecule has 3 N–H and O–H groups in total. The molecule has 0 bridgehead atoms. The summed E-state index contributed by atoms with van der Waals surface area (Å²) in [7, 11) is 0. The Morgan fingerprint density at radius 2 is 1.96 bits per heavy atom. The molecule has 0 amide bonds. The van der Waals surface area contributed by atoms with Crippen molar-refractivity contribution < 1.29 is 5.11 Å². The molecule has 2 aromatic heterocycles. The van der Waals surface area contributed by atoms with E-state index in [1.54, 1.807) is 18.5 Å². The summed E-state index contributed by atoms with van der Waals surface area (Å²) >= 11 is 6.14. The van der Waals surface area contributed by atoms with Crippen LogP contribution in [0.15, 0.2) is 55.0 Å². The van der Waals surface area contributed by atoms with E-state index in [0.717, 1.165) is 39.1 Å². The molecule has 5 rings (SSSR count). The van der Waals surface area contributed by atoms with Crippen LogP contribution in [0.1, 0.15) is 17.2 Å². The fourth-order valence-corrected chi connectivity index (χ4v) is 3.62. The SMILES string of the molecule is Oc1ccc(C2Nc3ccccc3-c3ncnc4[nH]cc2c34)cc1Cl. The van der Waals surface area contributed by atoms with Gasteiger partial charge < -0.3 is 15.4 Å². The van der Waals surface area contributed by atoms with Crippen LogP contribution in [-0.4, -0.2) is 20.1 Å². The van der Waals surface area contributed by atoms with Crippen molar-refractivity contribution in [3.05, 3.63) is 71.1 Å². The third-order valence-corrected chi connectivity index (χ3v) is 4.90. The number of aromatic hydroxyl groups is 1. The normalized spacial score (nSPS) is 15.5. The first-order valence-electron chi connectivity index (χ1n) is 7.88. The Bertz CT molecular complexity index is 1120. The number of nitrogens with one attached hydrogen (secondary N) is 2. The quantitative estimate of drug-likeness (QED) is 0.473. The van der Waals surface area contributed by atoms with Crippen LogP contribution >= 0.6 is 11.6 Å². The van der Waals surface area contributed by atoms with E-state index in [0.29, 0.717) is 5.02 Å². The lowest BCUT2D eigenvalue weighted by Gasteiger charge is -2.19. The molecule has 0 saturated carbocycles. The first kappa shape index (κ1) is 14.3. The van der Waals surface area contributed by atoms with Gasteiger partial charge in [-0.15, -0.1) is 0 Å². The van der Waals surface area contributed by atoms with Crippen molar-refractivity contribution in [1.82, 2.24) is 15.0 Å². The van der Waals surface area contributed by atoms with Gasteiger partial charge in [-0.25, -0.2) is 9.97 Å². The number of nitrogens with zero attached hydrogens (tertiary/aromatic N) is 2. The summed E-state index contributed by atoms with van der Waals surface area (Å²) < 4.78 is 0. The van der Waals surface area contributed by atoms with Gasteiger partial charge in [0.25, 0.3) is 0 Å². The molecule has 5 nitrogen and oxygen atoms in total. The average Bonchev–Trinajstić information content (AvgIpc) is 3.00. The van der Waals surface area contributed by atoms with Crippen LogP contribution in [0.5, 0.6) is 5.75 Å². The number of hydrogen-bond acceptors (Lipinski definition) is 4. The van der Waals surface area contributed by atoms with Gasteiger partial charge in [0.05, 0.1) is 22.1 Å². The number of rotatable bonds is 1. The van der Waals surface area contributed by atoms with Crippen molar-refractivity contribution in [2.75, 3.05) is 5.32 Å². The van der Waals surface area contributed by atoms with Gasteiger partial charge in [0, 0.05) is 23.0 Å². The highest BCUT2D eigenvalue weighted by atomic mass is 35.5. The van der Waals surface area contributed by atoms with Gasteiger partial charge in [0.2, 0.25) is 0 Å². The van der Waals surface area contributed by atoms with Crippen molar-refractivity contribution in [3.8, 4) is 17.0 Å². The number of fused-ring (bicyclic) bond motifs is 2. The summed E-state index contributed by atoms with van der Waals surface area (Å²) in [6.07, 6.45) is 3.53. The summed E-state index contributed by atoms with van der Waals surface area (Å²) in [5.74, 6) is 0.0717. The van der Waals surface area contributed by atoms with E-state index in [-0.39, 0.29) is 11.8 Å². The van der Waals surface area contributed by atoms with Crippen LogP contribution in [-0.2, 0) is 0 Å². The minimum Gasteiger partial charge on any atom is -0.506 e. The zero-order chi connectivity index (χ0) is 17.0. The summed E-state index contributed by atoms with van der Waals surface area (Å²) in [4.78, 5) is 12.1. The second-order valence-corrected chi connectivity index (χ2v) is 6.43. The van der Waals surface area contributed by atoms with Crippen LogP contribution in [0.3, 0.4) is 0 Å². The van der Waals surface area contributed by atoms with Gasteiger partial charge in [-0.05, 0) is 23.8 Å². The maximum absolute atomic E-state index is 9.75. The van der Waals surface area contributed by atoms with E-state index in [9.17, 15) is 5.11 Å². The third-order valence-electron chi connectivity index (χ3n) is 4.60. The molecule has 1 unspecified atom stereocenters. The molecular weight excluding hydrogens is 336 g/mol. The number of H-pyrrole nitrogens is 1. The molecule has 6 heteroatoms. The van der Waals surface area contributed by atoms with Crippen molar-refractivity contribution in [2.24, 2.45) is 0 Å².